The number of rotatable bonds is 8. The average Bonchev–Trinajstić information content (AvgIpc) is 3.09. The van der Waals surface area contributed by atoms with Gasteiger partial charge in [0, 0.05) is 37.3 Å². The van der Waals surface area contributed by atoms with E-state index in [0.717, 1.165) is 12.1 Å². The minimum Gasteiger partial charge on any atom is -0.482 e. The Kier molecular flexibility index (Phi) is 6.52. The maximum Gasteiger partial charge on any atom is 0.191 e. The van der Waals surface area contributed by atoms with Gasteiger partial charge in [-0.2, -0.15) is 5.10 Å². The van der Waals surface area contributed by atoms with Gasteiger partial charge in [-0.3, -0.25) is 10.1 Å². The monoisotopic (exact) mass is 360 g/mol. The van der Waals surface area contributed by atoms with Crippen molar-refractivity contribution in [1.82, 2.24) is 15.1 Å². The lowest BCUT2D eigenvalue weighted by atomic mass is 9.92. The summed E-state index contributed by atoms with van der Waals surface area (Å²) in [5.41, 5.74) is 2.51. The number of hydrogen-bond acceptors (Lipinski definition) is 5. The molecule has 0 unspecified atom stereocenters. The van der Waals surface area contributed by atoms with E-state index in [1.807, 2.05) is 17.8 Å². The van der Waals surface area contributed by atoms with Gasteiger partial charge in [0.25, 0.3) is 0 Å². The highest BCUT2D eigenvalue weighted by molar-refractivity contribution is 6.12. The summed E-state index contributed by atoms with van der Waals surface area (Å²) < 4.78 is 20.8. The largest absolute Gasteiger partial charge is 0.482 e. The molecule has 2 rings (SSSR count). The van der Waals surface area contributed by atoms with E-state index in [0.29, 0.717) is 29.0 Å². The topological polar surface area (TPSA) is 83.2 Å². The summed E-state index contributed by atoms with van der Waals surface area (Å²) >= 11 is 0. The van der Waals surface area contributed by atoms with Crippen molar-refractivity contribution in [2.45, 2.75) is 32.9 Å². The minimum absolute atomic E-state index is 0.163. The van der Waals surface area contributed by atoms with E-state index in [-0.39, 0.29) is 5.71 Å². The first-order valence-corrected chi connectivity index (χ1v) is 8.44. The molecule has 0 saturated carbocycles. The van der Waals surface area contributed by atoms with Crippen molar-refractivity contribution < 1.29 is 14.2 Å². The Morgan fingerprint density at radius 3 is 2.73 bits per heavy atom. The summed E-state index contributed by atoms with van der Waals surface area (Å²) in [5, 5.41) is 25.9. The first-order chi connectivity index (χ1) is 12.4. The van der Waals surface area contributed by atoms with E-state index >= 15 is 0 Å². The fourth-order valence-corrected chi connectivity index (χ4v) is 2.80. The number of ether oxygens (including phenoxy) is 1. The summed E-state index contributed by atoms with van der Waals surface area (Å²) in [6.07, 6.45) is 3.18. The second-order valence-corrected chi connectivity index (χ2v) is 5.93. The maximum atomic E-state index is 13.6. The molecule has 0 bridgehead atoms. The SMILES string of the molecule is CCn1cc(C/C(C(=N)c2ccc(F)cc2[C@@H](C)O)=C(/NC)OC)cn1. The zero-order valence-corrected chi connectivity index (χ0v) is 15.5. The molecule has 0 aliphatic carbocycles. The molecular weight excluding hydrogens is 335 g/mol. The van der Waals surface area contributed by atoms with Crippen molar-refractivity contribution in [1.29, 1.82) is 5.41 Å². The van der Waals surface area contributed by atoms with Gasteiger partial charge >= 0.3 is 0 Å². The van der Waals surface area contributed by atoms with Crippen LogP contribution in [0.2, 0.25) is 0 Å². The molecule has 0 spiro atoms. The average molecular weight is 360 g/mol. The van der Waals surface area contributed by atoms with E-state index in [1.54, 1.807) is 20.2 Å². The van der Waals surface area contributed by atoms with Crippen LogP contribution in [0.25, 0.3) is 0 Å². The molecule has 1 aromatic carbocycles. The number of allylic oxidation sites excluding steroid dienone is 1. The Bertz CT molecular complexity index is 806. The Labute approximate surface area is 152 Å². The number of nitrogens with zero attached hydrogens (tertiary/aromatic N) is 2. The summed E-state index contributed by atoms with van der Waals surface area (Å²) in [6, 6.07) is 4.06. The van der Waals surface area contributed by atoms with Gasteiger partial charge in [-0.05, 0) is 43.2 Å². The highest BCUT2D eigenvalue weighted by atomic mass is 19.1. The molecule has 3 N–H and O–H groups in total. The maximum absolute atomic E-state index is 13.6. The molecule has 0 fully saturated rings. The molecule has 26 heavy (non-hydrogen) atoms. The normalized spacial score (nSPS) is 13.2. The molecule has 2 aromatic rings. The lowest BCUT2D eigenvalue weighted by molar-refractivity contribution is 0.198. The van der Waals surface area contributed by atoms with Crippen LogP contribution >= 0.6 is 0 Å². The Morgan fingerprint density at radius 1 is 1.46 bits per heavy atom. The molecule has 7 heteroatoms. The second-order valence-electron chi connectivity index (χ2n) is 5.93. The quantitative estimate of drug-likeness (QED) is 0.499. The highest BCUT2D eigenvalue weighted by Gasteiger charge is 2.20. The van der Waals surface area contributed by atoms with Gasteiger partial charge in [0.15, 0.2) is 5.88 Å². The van der Waals surface area contributed by atoms with Gasteiger partial charge < -0.3 is 15.2 Å². The van der Waals surface area contributed by atoms with Crippen LogP contribution in [0.15, 0.2) is 42.0 Å². The molecule has 6 nitrogen and oxygen atoms in total. The summed E-state index contributed by atoms with van der Waals surface area (Å²) in [7, 11) is 3.23. The number of halogens is 1. The third kappa shape index (κ3) is 4.29. The van der Waals surface area contributed by atoms with Crippen molar-refractivity contribution in [3.05, 3.63) is 64.6 Å². The molecule has 0 radical (unpaired) electrons. The molecule has 0 aliphatic heterocycles. The zero-order chi connectivity index (χ0) is 19.3. The lowest BCUT2D eigenvalue weighted by Gasteiger charge is -2.18. The van der Waals surface area contributed by atoms with Crippen LogP contribution in [0.4, 0.5) is 4.39 Å². The molecule has 0 saturated heterocycles. The van der Waals surface area contributed by atoms with Crippen LogP contribution in [0.3, 0.4) is 0 Å². The molecular formula is C19H25FN4O2. The number of benzene rings is 1. The zero-order valence-electron chi connectivity index (χ0n) is 15.5. The summed E-state index contributed by atoms with van der Waals surface area (Å²) in [6.45, 7) is 4.30. The number of hydrogen-bond donors (Lipinski definition) is 3. The predicted octanol–water partition coefficient (Wildman–Crippen LogP) is 2.78. The molecule has 1 aromatic heterocycles. The van der Waals surface area contributed by atoms with Crippen LogP contribution in [0.5, 0.6) is 0 Å². The van der Waals surface area contributed by atoms with Crippen LogP contribution in [-0.2, 0) is 17.7 Å². The number of aryl methyl sites for hydroxylation is 1. The molecule has 140 valence electrons. The van der Waals surface area contributed by atoms with E-state index in [2.05, 4.69) is 10.4 Å². The van der Waals surface area contributed by atoms with Crippen LogP contribution in [0, 0.1) is 11.2 Å². The number of aliphatic hydroxyl groups is 1. The number of nitrogens with one attached hydrogen (secondary N) is 2. The Hall–Kier alpha value is -2.67. The first kappa shape index (κ1) is 19.7. The molecule has 1 atom stereocenters. The Morgan fingerprint density at radius 2 is 2.19 bits per heavy atom. The molecule has 1 heterocycles. The van der Waals surface area contributed by atoms with Crippen molar-refractivity contribution in [3.8, 4) is 0 Å². The van der Waals surface area contributed by atoms with Crippen LogP contribution in [0.1, 0.15) is 36.6 Å². The fraction of sp³-hybridized carbons (Fsp3) is 0.368. The first-order valence-electron chi connectivity index (χ1n) is 8.44. The van der Waals surface area contributed by atoms with E-state index in [9.17, 15) is 9.50 Å². The Balaban J connectivity index is 2.49. The van der Waals surface area contributed by atoms with Crippen molar-refractivity contribution >= 4 is 5.71 Å². The van der Waals surface area contributed by atoms with Gasteiger partial charge in [0.1, 0.15) is 5.82 Å². The van der Waals surface area contributed by atoms with Gasteiger partial charge in [0.05, 0.1) is 25.1 Å². The van der Waals surface area contributed by atoms with Gasteiger partial charge in [-0.1, -0.05) is 0 Å². The third-order valence-electron chi connectivity index (χ3n) is 4.13. The standard InChI is InChI=1S/C19H25FN4O2/c1-5-24-11-13(10-23-24)8-17(19(22-3)26-4)18(21)15-7-6-14(20)9-16(15)12(2)25/h6-7,9-12,21-22,25H,5,8H2,1-4H3/b19-17+,21-18?/t12-/m1/s1. The summed E-state index contributed by atoms with van der Waals surface area (Å²) in [4.78, 5) is 0. The second kappa shape index (κ2) is 8.62. The van der Waals surface area contributed by atoms with Crippen molar-refractivity contribution in [2.75, 3.05) is 14.2 Å². The summed E-state index contributed by atoms with van der Waals surface area (Å²) in [5.74, 6) is -0.00657. The van der Waals surface area contributed by atoms with E-state index < -0.39 is 11.9 Å². The van der Waals surface area contributed by atoms with E-state index in [1.165, 1.54) is 25.3 Å². The minimum atomic E-state index is -0.897. The van der Waals surface area contributed by atoms with Crippen LogP contribution in [-0.4, -0.2) is 34.8 Å². The van der Waals surface area contributed by atoms with Crippen molar-refractivity contribution in [2.24, 2.45) is 0 Å². The molecule has 0 amide bonds. The third-order valence-corrected chi connectivity index (χ3v) is 4.13. The fourth-order valence-electron chi connectivity index (χ4n) is 2.80. The molecule has 0 aliphatic rings. The van der Waals surface area contributed by atoms with Crippen LogP contribution < -0.4 is 5.32 Å². The smallest absolute Gasteiger partial charge is 0.191 e. The van der Waals surface area contributed by atoms with E-state index in [4.69, 9.17) is 10.1 Å². The van der Waals surface area contributed by atoms with Gasteiger partial charge in [0.2, 0.25) is 0 Å². The number of aliphatic hydroxyl groups excluding tert-OH is 1. The lowest BCUT2D eigenvalue weighted by Crippen LogP contribution is -2.19. The predicted molar refractivity (Wildman–Crippen MR) is 98.6 cm³/mol. The number of aromatic nitrogens is 2. The number of methoxy groups -OCH3 is 1. The van der Waals surface area contributed by atoms with Crippen molar-refractivity contribution in [3.63, 3.8) is 0 Å². The highest BCUT2D eigenvalue weighted by Crippen LogP contribution is 2.24. The van der Waals surface area contributed by atoms with Gasteiger partial charge in [-0.15, -0.1) is 0 Å². The van der Waals surface area contributed by atoms with Gasteiger partial charge in [-0.25, -0.2) is 4.39 Å².